The normalized spacial score (nSPS) is 37.5. The van der Waals surface area contributed by atoms with Gasteiger partial charge in [0.25, 0.3) is 5.91 Å². The molecule has 17 N–H and O–H groups in total. The minimum Gasteiger partial charge on any atom is -0.494 e. The third-order valence-corrected chi connectivity index (χ3v) is 15.3. The van der Waals surface area contributed by atoms with Gasteiger partial charge in [-0.2, -0.15) is 0 Å². The van der Waals surface area contributed by atoms with E-state index in [0.29, 0.717) is 25.2 Å². The van der Waals surface area contributed by atoms with Gasteiger partial charge in [0.1, 0.15) is 128 Å². The van der Waals surface area contributed by atoms with Crippen LogP contribution in [0.15, 0.2) is 24.3 Å². The molecule has 32 nitrogen and oxygen atoms in total. The predicted molar refractivity (Wildman–Crippen MR) is 296 cm³/mol. The number of hydrogen-bond acceptors (Lipinski definition) is 27. The summed E-state index contributed by atoms with van der Waals surface area (Å²) >= 11 is 0. The molecule has 0 radical (unpaired) electrons. The molecule has 25 atom stereocenters. The Balaban J connectivity index is 1.18. The van der Waals surface area contributed by atoms with E-state index in [1.165, 1.54) is 18.6 Å². The van der Waals surface area contributed by atoms with E-state index in [0.717, 1.165) is 53.4 Å². The minimum atomic E-state index is -2.03. The van der Waals surface area contributed by atoms with Crippen molar-refractivity contribution in [1.82, 2.24) is 26.6 Å². The van der Waals surface area contributed by atoms with E-state index in [2.05, 4.69) is 45.3 Å². The standard InChI is InChI=1S/C56H87N5O27/c1-6-7-8-9-10-11-12-13-14-18-79-30-17-15-16-29(19-30)51(77)61-37-42(72)41(71)31(20-62)81-53(37)86-48-33(22-64)83-55(39(44(48)74)59-27(4)69)88-50-35(24-66)84-56(40(46(50)76)60-28(5)70)87-49-34(23-65)82-54(38(45(49)75)58-26(3)68)85-47-32(21-63)80-52(78)36(43(47)73)57-25(2)67/h15-17,19,31-50,52-56,62-66,71-76,78H,6-10,13-14,18,20-24H2,1-5H3,(H,57,67)(H,58,68)(H,59,69)(H,60,70)(H,61,77)/t31?,32?,33-,34-,35?,36-,37-,38?,39?,40-,41+,42+,43+,44?,45?,46+,47?,48+,49+,50?,52?,53?,54?,55-,56-/m0/s1. The zero-order valence-electron chi connectivity index (χ0n) is 49.4. The van der Waals surface area contributed by atoms with Gasteiger partial charge < -0.3 is 135 Å². The molecular formula is C56H87N5O27. The van der Waals surface area contributed by atoms with E-state index in [4.69, 9.17) is 47.4 Å². The average molecular weight is 1260 g/mol. The summed E-state index contributed by atoms with van der Waals surface area (Å²) in [7, 11) is 0. The number of hydrogen-bond donors (Lipinski definition) is 17. The van der Waals surface area contributed by atoms with Crippen LogP contribution in [0.4, 0.5) is 0 Å². The van der Waals surface area contributed by atoms with Gasteiger partial charge in [0.05, 0.1) is 39.6 Å². The van der Waals surface area contributed by atoms with Crippen molar-refractivity contribution < 1.29 is 133 Å². The Kier molecular flexibility index (Phi) is 28.3. The van der Waals surface area contributed by atoms with Crippen LogP contribution in [-0.4, -0.2) is 284 Å². The number of ether oxygens (including phenoxy) is 10. The number of amides is 5. The number of aliphatic hydroxyl groups is 12. The third-order valence-electron chi connectivity index (χ3n) is 15.3. The summed E-state index contributed by atoms with van der Waals surface area (Å²) in [5, 5.41) is 145. The maximum Gasteiger partial charge on any atom is 0.251 e. The van der Waals surface area contributed by atoms with E-state index in [9.17, 15) is 85.3 Å². The second-order valence-corrected chi connectivity index (χ2v) is 22.0. The first kappa shape index (κ1) is 72.2. The molecule has 0 saturated carbocycles. The molecule has 0 aromatic heterocycles. The van der Waals surface area contributed by atoms with Crippen LogP contribution >= 0.6 is 0 Å². The number of aliphatic hydroxyl groups excluding tert-OH is 12. The van der Waals surface area contributed by atoms with Crippen LogP contribution in [-0.2, 0) is 61.8 Å². The molecular weight excluding hydrogens is 1170 g/mol. The topological polar surface area (TPSA) is 481 Å². The number of benzene rings is 1. The molecule has 5 amide bonds. The number of nitrogens with one attached hydrogen (secondary N) is 5. The minimum absolute atomic E-state index is 0.0436. The smallest absolute Gasteiger partial charge is 0.251 e. The largest absolute Gasteiger partial charge is 0.494 e. The van der Waals surface area contributed by atoms with Gasteiger partial charge in [0.2, 0.25) is 23.6 Å². The average Bonchev–Trinajstić information content (AvgIpc) is 1.44. The molecule has 5 heterocycles. The van der Waals surface area contributed by atoms with Gasteiger partial charge in [0, 0.05) is 46.1 Å². The van der Waals surface area contributed by atoms with E-state index >= 15 is 0 Å². The Morgan fingerprint density at radius 3 is 1.24 bits per heavy atom. The monoisotopic (exact) mass is 1260 g/mol. The summed E-state index contributed by atoms with van der Waals surface area (Å²) in [6, 6.07) is -2.26. The fraction of sp³-hybridized carbons (Fsp3) is 0.768. The fourth-order valence-electron chi connectivity index (χ4n) is 11.0. The van der Waals surface area contributed by atoms with Crippen LogP contribution in [0.2, 0.25) is 0 Å². The van der Waals surface area contributed by atoms with Crippen molar-refractivity contribution in [2.24, 2.45) is 0 Å². The summed E-state index contributed by atoms with van der Waals surface area (Å²) in [4.78, 5) is 64.1. The van der Waals surface area contributed by atoms with Crippen molar-refractivity contribution in [1.29, 1.82) is 0 Å². The second-order valence-electron chi connectivity index (χ2n) is 22.0. The van der Waals surface area contributed by atoms with Crippen molar-refractivity contribution in [3.63, 3.8) is 0 Å². The van der Waals surface area contributed by atoms with Gasteiger partial charge in [-0.05, 0) is 31.0 Å². The highest BCUT2D eigenvalue weighted by Crippen LogP contribution is 2.36. The summed E-state index contributed by atoms with van der Waals surface area (Å²) in [6.45, 7) is 1.92. The number of carbonyl (C=O) groups is 5. The Morgan fingerprint density at radius 2 is 0.830 bits per heavy atom. The van der Waals surface area contributed by atoms with Gasteiger partial charge in [-0.3, -0.25) is 24.0 Å². The van der Waals surface area contributed by atoms with Crippen molar-refractivity contribution >= 4 is 29.5 Å². The van der Waals surface area contributed by atoms with Crippen LogP contribution in [0.25, 0.3) is 0 Å². The lowest BCUT2D eigenvalue weighted by molar-refractivity contribution is -0.367. The number of unbranched alkanes of at least 4 members (excludes halogenated alkanes) is 5. The van der Waals surface area contributed by atoms with Crippen LogP contribution in [0.3, 0.4) is 0 Å². The summed E-state index contributed by atoms with van der Waals surface area (Å²) in [6.07, 6.45) is -29.4. The molecule has 5 aliphatic rings. The molecule has 88 heavy (non-hydrogen) atoms. The Bertz CT molecular complexity index is 2460. The number of rotatable bonds is 27. The van der Waals surface area contributed by atoms with Crippen molar-refractivity contribution in [2.75, 3.05) is 39.6 Å². The van der Waals surface area contributed by atoms with Crippen molar-refractivity contribution in [3.05, 3.63) is 29.8 Å². The van der Waals surface area contributed by atoms with E-state index in [1.807, 2.05) is 0 Å². The lowest BCUT2D eigenvalue weighted by atomic mass is 9.93. The van der Waals surface area contributed by atoms with E-state index in [1.54, 1.807) is 12.1 Å². The zero-order valence-corrected chi connectivity index (χ0v) is 49.4. The zero-order chi connectivity index (χ0) is 64.5. The first-order valence-corrected chi connectivity index (χ1v) is 29.3. The van der Waals surface area contributed by atoms with Gasteiger partial charge in [-0.25, -0.2) is 0 Å². The molecule has 12 unspecified atom stereocenters. The molecule has 498 valence electrons. The fourth-order valence-corrected chi connectivity index (χ4v) is 11.0. The molecule has 0 spiro atoms. The Labute approximate surface area is 507 Å². The molecule has 1 aromatic carbocycles. The molecule has 5 saturated heterocycles. The molecule has 0 aliphatic carbocycles. The first-order valence-electron chi connectivity index (χ1n) is 29.3. The summed E-state index contributed by atoms with van der Waals surface area (Å²) in [5.74, 6) is 2.72. The lowest BCUT2D eigenvalue weighted by Crippen LogP contribution is -2.72. The first-order chi connectivity index (χ1) is 42.0. The van der Waals surface area contributed by atoms with E-state index in [-0.39, 0.29) is 5.56 Å². The lowest BCUT2D eigenvalue weighted by Gasteiger charge is -2.51. The molecule has 5 fully saturated rings. The molecule has 6 rings (SSSR count). The van der Waals surface area contributed by atoms with E-state index < -0.39 is 216 Å². The predicted octanol–water partition coefficient (Wildman–Crippen LogP) is -6.78. The van der Waals surface area contributed by atoms with Gasteiger partial charge in [-0.1, -0.05) is 32.3 Å². The van der Waals surface area contributed by atoms with Crippen LogP contribution in [0.5, 0.6) is 5.75 Å². The van der Waals surface area contributed by atoms with Gasteiger partial charge >= 0.3 is 0 Å². The third kappa shape index (κ3) is 18.6. The van der Waals surface area contributed by atoms with Crippen LogP contribution in [0.1, 0.15) is 89.9 Å². The Morgan fingerprint density at radius 1 is 0.455 bits per heavy atom. The highest BCUT2D eigenvalue weighted by molar-refractivity contribution is 5.94. The maximum absolute atomic E-state index is 13.9. The van der Waals surface area contributed by atoms with Crippen LogP contribution in [0, 0.1) is 11.8 Å². The van der Waals surface area contributed by atoms with Crippen LogP contribution < -0.4 is 31.3 Å². The summed E-state index contributed by atoms with van der Waals surface area (Å²) in [5.41, 5.74) is 0.0436. The highest BCUT2D eigenvalue weighted by atomic mass is 16.8. The molecule has 1 aromatic rings. The SMILES string of the molecule is CCCCCCC#CCCCOc1cccc(C(=O)N[C@@H]2C(O[C@H]3C(O)C(NC(C)=O)[C@H](OC4C(CO)O[C@@H](O[C@H]5C(O)C(NC(C)=O)C(OC6C(CO)OC(O)[C@@H](NC(C)=O)[C@H]6O)O[C@H]5CO)[C@@H](NC(C)=O)[C@H]4O)O[C@H]3CO)OC(CO)[C@@H](O)[C@@H]2O)c1. The van der Waals surface area contributed by atoms with Crippen molar-refractivity contribution in [2.45, 2.75) is 233 Å². The number of carbonyl (C=O) groups excluding carboxylic acids is 5. The second kappa shape index (κ2) is 34.5. The Hall–Kier alpha value is -4.91. The molecule has 0 bridgehead atoms. The molecule has 32 heteroatoms. The van der Waals surface area contributed by atoms with Gasteiger partial charge in [0.15, 0.2) is 31.5 Å². The quantitative estimate of drug-likeness (QED) is 0.0288. The molecule has 5 aliphatic heterocycles. The van der Waals surface area contributed by atoms with Gasteiger partial charge in [-0.15, -0.1) is 11.8 Å². The maximum atomic E-state index is 13.9. The summed E-state index contributed by atoms with van der Waals surface area (Å²) < 4.78 is 59.8. The van der Waals surface area contributed by atoms with Crippen molar-refractivity contribution in [3.8, 4) is 17.6 Å². The highest BCUT2D eigenvalue weighted by Gasteiger charge is 2.58.